The van der Waals surface area contributed by atoms with Crippen LogP contribution in [0.1, 0.15) is 47.3 Å². The summed E-state index contributed by atoms with van der Waals surface area (Å²) < 4.78 is 4.42. The maximum atomic E-state index is 5.08. The van der Waals surface area contributed by atoms with Crippen LogP contribution >= 0.6 is 0 Å². The van der Waals surface area contributed by atoms with Gasteiger partial charge < -0.3 is 10.2 Å². The van der Waals surface area contributed by atoms with Crippen LogP contribution in [0.15, 0.2) is 168 Å². The summed E-state index contributed by atoms with van der Waals surface area (Å²) in [6.45, 7) is 0.934. The van der Waals surface area contributed by atoms with Crippen molar-refractivity contribution < 1.29 is 0 Å². The van der Waals surface area contributed by atoms with Gasteiger partial charge in [-0.25, -0.2) is 15.0 Å². The average Bonchev–Trinajstić information content (AvgIpc) is 3.80. The van der Waals surface area contributed by atoms with Gasteiger partial charge in [-0.05, 0) is 41.7 Å². The van der Waals surface area contributed by atoms with E-state index in [2.05, 4.69) is 162 Å². The van der Waals surface area contributed by atoms with E-state index in [9.17, 15) is 0 Å². The molecule has 0 bridgehead atoms. The van der Waals surface area contributed by atoms with Crippen LogP contribution in [0, 0.1) is 5.92 Å². The number of dihydropyridines is 1. The van der Waals surface area contributed by atoms with Gasteiger partial charge in [-0.1, -0.05) is 126 Å². The van der Waals surface area contributed by atoms with Crippen molar-refractivity contribution in [2.75, 3.05) is 13.6 Å². The van der Waals surface area contributed by atoms with E-state index in [-0.39, 0.29) is 17.9 Å². The van der Waals surface area contributed by atoms with Crippen molar-refractivity contribution in [2.45, 2.75) is 24.8 Å². The molecule has 1 aliphatic carbocycles. The Morgan fingerprint density at radius 2 is 1.46 bits per heavy atom. The molecule has 0 amide bonds. The molecule has 0 saturated carbocycles. The Balaban J connectivity index is 1.01. The first kappa shape index (κ1) is 33.2. The number of likely N-dealkylation sites (N-methyl/N-ethyl adjacent to an activating group) is 1. The molecule has 7 nitrogen and oxygen atoms in total. The quantitative estimate of drug-likeness (QED) is 0.187. The molecule has 4 aliphatic heterocycles. The number of aromatic nitrogens is 3. The van der Waals surface area contributed by atoms with Gasteiger partial charge in [0.15, 0.2) is 17.5 Å². The van der Waals surface area contributed by atoms with Crippen LogP contribution < -0.4 is 9.98 Å². The van der Waals surface area contributed by atoms with Crippen LogP contribution in [0.4, 0.5) is 0 Å². The van der Waals surface area contributed by atoms with E-state index in [4.69, 9.17) is 19.9 Å². The lowest BCUT2D eigenvalue weighted by molar-refractivity contribution is 0.419. The van der Waals surface area contributed by atoms with Crippen molar-refractivity contribution in [2.24, 2.45) is 10.9 Å². The van der Waals surface area contributed by atoms with E-state index in [1.165, 1.54) is 11.3 Å². The normalized spacial score (nSPS) is 21.3. The predicted molar refractivity (Wildman–Crippen MR) is 221 cm³/mol. The van der Waals surface area contributed by atoms with Gasteiger partial charge in [0.2, 0.25) is 0 Å². The minimum Gasteiger partial charge on any atom is -0.380 e. The second-order valence-electron chi connectivity index (χ2n) is 14.0. The Hall–Kier alpha value is -6.69. The number of nitrogens with one attached hydrogen (secondary N) is 1. The molecular weight excluding hydrogens is 663 g/mol. The smallest absolute Gasteiger partial charge is 0.336 e. The van der Waals surface area contributed by atoms with E-state index in [1.54, 1.807) is 0 Å². The Bertz CT molecular complexity index is 2430. The van der Waals surface area contributed by atoms with Crippen molar-refractivity contribution in [3.05, 3.63) is 186 Å². The summed E-state index contributed by atoms with van der Waals surface area (Å²) in [4.78, 5) is 22.4. The molecule has 54 heavy (non-hydrogen) atoms. The molecule has 1 N–H and O–H groups in total. The van der Waals surface area contributed by atoms with E-state index >= 15 is 0 Å². The molecular formula is C47H40N7+. The molecule has 262 valence electrons. The molecule has 9 rings (SSSR count). The first-order valence-electron chi connectivity index (χ1n) is 18.6. The summed E-state index contributed by atoms with van der Waals surface area (Å²) in [5.74, 6) is 2.49. The third-order valence-corrected chi connectivity index (χ3v) is 10.5. The molecule has 3 aromatic carbocycles. The summed E-state index contributed by atoms with van der Waals surface area (Å²) >= 11 is 0. The summed E-state index contributed by atoms with van der Waals surface area (Å²) in [5.41, 5.74) is 10.7. The Morgan fingerprint density at radius 3 is 2.15 bits per heavy atom. The molecule has 1 aromatic heterocycles. The lowest BCUT2D eigenvalue weighted by Crippen LogP contribution is -2.26. The van der Waals surface area contributed by atoms with E-state index in [0.29, 0.717) is 17.5 Å². The minimum atomic E-state index is 0.0607. The summed E-state index contributed by atoms with van der Waals surface area (Å²) in [7, 11) is 2.14. The highest BCUT2D eigenvalue weighted by molar-refractivity contribution is 6.14. The van der Waals surface area contributed by atoms with Crippen LogP contribution in [0.5, 0.6) is 0 Å². The van der Waals surface area contributed by atoms with Crippen LogP contribution in [-0.2, 0) is 0 Å². The maximum absolute atomic E-state index is 5.08. The highest BCUT2D eigenvalue weighted by Gasteiger charge is 2.22. The van der Waals surface area contributed by atoms with E-state index in [1.807, 2.05) is 24.6 Å². The highest BCUT2D eigenvalue weighted by atomic mass is 15.1. The molecule has 0 spiro atoms. The van der Waals surface area contributed by atoms with Crippen LogP contribution in [0.3, 0.4) is 0 Å². The second kappa shape index (κ2) is 14.7. The fourth-order valence-corrected chi connectivity index (χ4v) is 7.41. The van der Waals surface area contributed by atoms with Crippen LogP contribution in [-0.4, -0.2) is 51.6 Å². The van der Waals surface area contributed by atoms with Crippen LogP contribution in [0.25, 0.3) is 34.0 Å². The predicted octanol–water partition coefficient (Wildman–Crippen LogP) is 8.38. The lowest BCUT2D eigenvalue weighted by Gasteiger charge is -2.29. The first-order chi connectivity index (χ1) is 26.6. The van der Waals surface area contributed by atoms with Crippen LogP contribution in [0.2, 0.25) is 0 Å². The molecule has 3 unspecified atom stereocenters. The van der Waals surface area contributed by atoms with Crippen molar-refractivity contribution in [3.63, 3.8) is 0 Å². The zero-order chi connectivity index (χ0) is 36.3. The van der Waals surface area contributed by atoms with Crippen molar-refractivity contribution in [1.82, 2.24) is 29.8 Å². The Morgan fingerprint density at radius 1 is 0.704 bits per heavy atom. The van der Waals surface area contributed by atoms with Gasteiger partial charge in [0.25, 0.3) is 6.21 Å². The third-order valence-electron chi connectivity index (χ3n) is 10.5. The zero-order valence-electron chi connectivity index (χ0n) is 30.1. The number of hydrogen-bond donors (Lipinski definition) is 1. The SMILES string of the molecule is CN1CC=CC=C1C1C=NC(c2ccc(-c3nc(C4=CC(c5ccccc5)CC=C4)nc(-c4ccc(C5C=CC(C6=[N+]=CC=C6)=CN5)cc4)n3)cc2)=CC1. The summed E-state index contributed by atoms with van der Waals surface area (Å²) in [5, 5.41) is 3.52. The molecule has 0 saturated heterocycles. The third kappa shape index (κ3) is 6.93. The summed E-state index contributed by atoms with van der Waals surface area (Å²) in [6, 6.07) is 27.6. The zero-order valence-corrected chi connectivity index (χ0v) is 30.1. The van der Waals surface area contributed by atoms with Crippen molar-refractivity contribution >= 4 is 29.4 Å². The molecule has 7 heteroatoms. The molecule has 5 aliphatic rings. The average molecular weight is 703 g/mol. The van der Waals surface area contributed by atoms with Gasteiger partial charge in [0, 0.05) is 72.4 Å². The number of nitrogens with zero attached hydrogens (tertiary/aromatic N) is 6. The number of benzene rings is 3. The molecule has 0 fully saturated rings. The number of hydrogen-bond acceptors (Lipinski definition) is 6. The number of aliphatic imine (C=N–C) groups is 1. The lowest BCUT2D eigenvalue weighted by atomic mass is 9.89. The molecule has 4 aromatic rings. The van der Waals surface area contributed by atoms with Crippen molar-refractivity contribution in [3.8, 4) is 22.8 Å². The Kier molecular flexibility index (Phi) is 9.05. The van der Waals surface area contributed by atoms with Gasteiger partial charge >= 0.3 is 5.71 Å². The number of allylic oxidation sites excluding steroid dienone is 12. The topological polar surface area (TPSA) is 80.4 Å². The van der Waals surface area contributed by atoms with Gasteiger partial charge in [0.05, 0.1) is 17.3 Å². The number of rotatable bonds is 8. The van der Waals surface area contributed by atoms with Gasteiger partial charge in [0.1, 0.15) is 0 Å². The van der Waals surface area contributed by atoms with E-state index in [0.717, 1.165) is 64.2 Å². The highest BCUT2D eigenvalue weighted by Crippen LogP contribution is 2.33. The van der Waals surface area contributed by atoms with Gasteiger partial charge in [-0.3, -0.25) is 4.99 Å². The molecule has 5 heterocycles. The first-order valence-corrected chi connectivity index (χ1v) is 18.6. The fraction of sp³-hybridized carbons (Fsp3) is 0.149. The monoisotopic (exact) mass is 702 g/mol. The minimum absolute atomic E-state index is 0.0607. The second-order valence-corrected chi connectivity index (χ2v) is 14.0. The standard InChI is InChI=1S/C47H39N7/c1-54-28-6-5-14-44(54)40-24-26-43(50-31-40)34-17-21-36(22-18-34)46-51-45(52-47(53-46)38-12-7-11-37(29-38)32-9-3-2-4-10-32)35-19-15-33(16-20-35)42-25-23-39(30-49-42)41-13-8-27-48-41/h2-10,12-23,25-27,29-31,37,40,42H,11,24,28H2,1H3/p+1. The van der Waals surface area contributed by atoms with Gasteiger partial charge in [-0.2, -0.15) is 0 Å². The summed E-state index contributed by atoms with van der Waals surface area (Å²) in [6.07, 6.45) is 31.5. The molecule has 3 atom stereocenters. The fourth-order valence-electron chi connectivity index (χ4n) is 7.41. The van der Waals surface area contributed by atoms with E-state index < -0.39 is 0 Å². The largest absolute Gasteiger partial charge is 0.380 e. The van der Waals surface area contributed by atoms with Gasteiger partial charge in [-0.15, -0.1) is 0 Å². The Labute approximate surface area is 316 Å². The maximum Gasteiger partial charge on any atom is 0.336 e. The molecule has 0 radical (unpaired) electrons. The van der Waals surface area contributed by atoms with Crippen molar-refractivity contribution in [1.29, 1.82) is 0 Å².